The van der Waals surface area contributed by atoms with Gasteiger partial charge in [0.15, 0.2) is 5.96 Å². The summed E-state index contributed by atoms with van der Waals surface area (Å²) in [5.41, 5.74) is 23.5. The minimum absolute atomic E-state index is 0.0113. The van der Waals surface area contributed by atoms with Gasteiger partial charge in [-0.2, -0.15) is 0 Å². The molecule has 15 heteroatoms. The van der Waals surface area contributed by atoms with Crippen LogP contribution in [0.5, 0.6) is 0 Å². The maximum absolute atomic E-state index is 13.3. The van der Waals surface area contributed by atoms with Gasteiger partial charge in [0.25, 0.3) is 0 Å². The van der Waals surface area contributed by atoms with Crippen LogP contribution in [0.1, 0.15) is 45.1 Å². The van der Waals surface area contributed by atoms with Gasteiger partial charge < -0.3 is 49.0 Å². The lowest BCUT2D eigenvalue weighted by molar-refractivity contribution is -0.142. The SMILES string of the molecule is CCC(C)C(N)C(=O)NC(CC(N)=O)C(=O)NC(CCCN=C(N)N)C(=O)NC(Cc1c[nH]c2ccccc12)C(=O)O. The molecule has 0 spiro atoms. The smallest absolute Gasteiger partial charge is 0.326 e. The number of hydrogen-bond acceptors (Lipinski definition) is 7. The van der Waals surface area contributed by atoms with Gasteiger partial charge in [0.1, 0.15) is 18.1 Å². The predicted octanol–water partition coefficient (Wildman–Crippen LogP) is -1.45. The highest BCUT2D eigenvalue weighted by Gasteiger charge is 2.32. The third kappa shape index (κ3) is 10.1. The molecule has 0 aliphatic rings. The summed E-state index contributed by atoms with van der Waals surface area (Å²) < 4.78 is 0. The molecule has 0 radical (unpaired) electrons. The summed E-state index contributed by atoms with van der Waals surface area (Å²) in [5.74, 6) is -4.84. The molecule has 13 N–H and O–H groups in total. The number of nitrogens with one attached hydrogen (secondary N) is 4. The molecule has 4 amide bonds. The molecule has 0 aliphatic carbocycles. The molecule has 0 saturated carbocycles. The molecule has 2 aromatic rings. The summed E-state index contributed by atoms with van der Waals surface area (Å²) in [7, 11) is 0. The van der Waals surface area contributed by atoms with Crippen molar-refractivity contribution in [3.05, 3.63) is 36.0 Å². The fraction of sp³-hybridized carbons (Fsp3) is 0.481. The number of carboxylic acid groups (broad SMARTS) is 1. The van der Waals surface area contributed by atoms with Crippen LogP contribution in [0.4, 0.5) is 0 Å². The first-order chi connectivity index (χ1) is 19.8. The van der Waals surface area contributed by atoms with Crippen molar-refractivity contribution in [2.75, 3.05) is 6.54 Å². The second-order valence-electron chi connectivity index (χ2n) is 10.1. The number of carboxylic acids is 1. The number of nitrogens with zero attached hydrogens (tertiary/aromatic N) is 1. The fourth-order valence-electron chi connectivity index (χ4n) is 4.23. The van der Waals surface area contributed by atoms with E-state index in [1.807, 2.05) is 31.2 Å². The first-order valence-electron chi connectivity index (χ1n) is 13.6. The summed E-state index contributed by atoms with van der Waals surface area (Å²) in [6.07, 6.45) is 1.93. The van der Waals surface area contributed by atoms with E-state index in [9.17, 15) is 29.1 Å². The Kier molecular flexibility index (Phi) is 12.7. The average Bonchev–Trinajstić information content (AvgIpc) is 3.35. The van der Waals surface area contributed by atoms with Crippen LogP contribution in [0.3, 0.4) is 0 Å². The number of H-pyrrole nitrogens is 1. The van der Waals surface area contributed by atoms with Crippen molar-refractivity contribution >= 4 is 46.5 Å². The first-order valence-corrected chi connectivity index (χ1v) is 13.6. The number of primary amides is 1. The van der Waals surface area contributed by atoms with E-state index in [0.717, 1.165) is 10.9 Å². The molecule has 0 aliphatic heterocycles. The van der Waals surface area contributed by atoms with Crippen molar-refractivity contribution in [1.29, 1.82) is 0 Å². The second kappa shape index (κ2) is 16.0. The Bertz CT molecular complexity index is 1290. The number of carbonyl (C=O) groups excluding carboxylic acids is 4. The summed E-state index contributed by atoms with van der Waals surface area (Å²) in [5, 5.41) is 18.1. The fourth-order valence-corrected chi connectivity index (χ4v) is 4.23. The van der Waals surface area contributed by atoms with E-state index in [4.69, 9.17) is 22.9 Å². The number of aliphatic imine (C=N–C) groups is 1. The number of fused-ring (bicyclic) bond motifs is 1. The Hall–Kier alpha value is -4.66. The standard InChI is InChI=1S/C27H41N9O6/c1-3-14(2)22(29)25(40)35-19(12-21(28)37)24(39)34-18(9-6-10-32-27(30)31)23(38)36-20(26(41)42)11-15-13-33-17-8-5-4-7-16(15)17/h4-5,7-8,13-14,18-20,22,33H,3,6,9-12,29H2,1-2H3,(H2,28,37)(H,34,39)(H,35,40)(H,36,38)(H,41,42)(H4,30,31,32). The number of rotatable bonds is 17. The normalized spacial score (nSPS) is 14.5. The maximum atomic E-state index is 13.3. The van der Waals surface area contributed by atoms with Gasteiger partial charge in [0.05, 0.1) is 12.5 Å². The Morgan fingerprint density at radius 1 is 0.952 bits per heavy atom. The van der Waals surface area contributed by atoms with Gasteiger partial charge in [0.2, 0.25) is 23.6 Å². The van der Waals surface area contributed by atoms with Gasteiger partial charge in [-0.05, 0) is 30.4 Å². The van der Waals surface area contributed by atoms with Gasteiger partial charge in [-0.3, -0.25) is 24.2 Å². The van der Waals surface area contributed by atoms with E-state index < -0.39 is 60.2 Å². The van der Waals surface area contributed by atoms with E-state index in [2.05, 4.69) is 25.9 Å². The molecule has 2 rings (SSSR count). The van der Waals surface area contributed by atoms with E-state index in [1.165, 1.54) is 0 Å². The zero-order chi connectivity index (χ0) is 31.4. The Balaban J connectivity index is 2.24. The summed E-state index contributed by atoms with van der Waals surface area (Å²) in [6, 6.07) is 2.36. The topological polar surface area (TPSA) is 274 Å². The van der Waals surface area contributed by atoms with E-state index >= 15 is 0 Å². The number of aromatic nitrogens is 1. The highest BCUT2D eigenvalue weighted by molar-refractivity contribution is 5.96. The van der Waals surface area contributed by atoms with Gasteiger partial charge >= 0.3 is 5.97 Å². The number of nitrogens with two attached hydrogens (primary N) is 4. The van der Waals surface area contributed by atoms with Crippen molar-refractivity contribution in [3.8, 4) is 0 Å². The molecule has 5 atom stereocenters. The van der Waals surface area contributed by atoms with Gasteiger partial charge in [0, 0.05) is 30.1 Å². The molecule has 42 heavy (non-hydrogen) atoms. The number of carbonyl (C=O) groups is 5. The highest BCUT2D eigenvalue weighted by atomic mass is 16.4. The molecule has 0 saturated heterocycles. The van der Waals surface area contributed by atoms with Crippen molar-refractivity contribution < 1.29 is 29.1 Å². The van der Waals surface area contributed by atoms with Crippen molar-refractivity contribution in [3.63, 3.8) is 0 Å². The number of aromatic amines is 1. The van der Waals surface area contributed by atoms with Crippen LogP contribution < -0.4 is 38.9 Å². The second-order valence-corrected chi connectivity index (χ2v) is 10.1. The van der Waals surface area contributed by atoms with E-state index in [-0.39, 0.29) is 37.7 Å². The van der Waals surface area contributed by atoms with Crippen LogP contribution in [0.2, 0.25) is 0 Å². The summed E-state index contributed by atoms with van der Waals surface area (Å²) in [4.78, 5) is 69.9. The van der Waals surface area contributed by atoms with Crippen molar-refractivity contribution in [2.45, 2.75) is 70.1 Å². The zero-order valence-corrected chi connectivity index (χ0v) is 23.8. The number of hydrogen-bond donors (Lipinski definition) is 9. The minimum Gasteiger partial charge on any atom is -0.480 e. The Morgan fingerprint density at radius 2 is 1.57 bits per heavy atom. The predicted molar refractivity (Wildman–Crippen MR) is 157 cm³/mol. The molecule has 15 nitrogen and oxygen atoms in total. The number of guanidine groups is 1. The molecular formula is C27H41N9O6. The number of amides is 4. The van der Waals surface area contributed by atoms with Gasteiger partial charge in [-0.1, -0.05) is 38.5 Å². The monoisotopic (exact) mass is 587 g/mol. The van der Waals surface area contributed by atoms with E-state index in [0.29, 0.717) is 12.0 Å². The first kappa shape index (κ1) is 33.5. The third-order valence-corrected chi connectivity index (χ3v) is 6.89. The van der Waals surface area contributed by atoms with Gasteiger partial charge in [-0.25, -0.2) is 4.79 Å². The third-order valence-electron chi connectivity index (χ3n) is 6.89. The van der Waals surface area contributed by atoms with Crippen LogP contribution in [0.25, 0.3) is 10.9 Å². The van der Waals surface area contributed by atoms with Crippen LogP contribution in [-0.4, -0.2) is 76.4 Å². The molecule has 230 valence electrons. The molecule has 5 unspecified atom stereocenters. The molecule has 1 heterocycles. The van der Waals surface area contributed by atoms with Crippen LogP contribution in [0, 0.1) is 5.92 Å². The van der Waals surface area contributed by atoms with Crippen molar-refractivity contribution in [1.82, 2.24) is 20.9 Å². The zero-order valence-electron chi connectivity index (χ0n) is 23.8. The van der Waals surface area contributed by atoms with Crippen LogP contribution in [-0.2, 0) is 30.4 Å². The molecule has 0 fully saturated rings. The highest BCUT2D eigenvalue weighted by Crippen LogP contribution is 2.19. The molecule has 0 bridgehead atoms. The Morgan fingerprint density at radius 3 is 2.19 bits per heavy atom. The maximum Gasteiger partial charge on any atom is 0.326 e. The molecule has 1 aromatic heterocycles. The summed E-state index contributed by atoms with van der Waals surface area (Å²) in [6.45, 7) is 3.74. The molecule has 1 aromatic carbocycles. The Labute approximate surface area is 243 Å². The lowest BCUT2D eigenvalue weighted by Gasteiger charge is -2.25. The average molecular weight is 588 g/mol. The minimum atomic E-state index is -1.42. The van der Waals surface area contributed by atoms with Gasteiger partial charge in [-0.15, -0.1) is 0 Å². The quantitative estimate of drug-likeness (QED) is 0.0594. The van der Waals surface area contributed by atoms with Crippen molar-refractivity contribution in [2.24, 2.45) is 33.8 Å². The number of benzene rings is 1. The van der Waals surface area contributed by atoms with Crippen LogP contribution >= 0.6 is 0 Å². The summed E-state index contributed by atoms with van der Waals surface area (Å²) >= 11 is 0. The van der Waals surface area contributed by atoms with E-state index in [1.54, 1.807) is 13.1 Å². The lowest BCUT2D eigenvalue weighted by atomic mass is 9.98. The lowest BCUT2D eigenvalue weighted by Crippen LogP contribution is -2.58. The number of para-hydroxylation sites is 1. The largest absolute Gasteiger partial charge is 0.480 e. The molecular weight excluding hydrogens is 546 g/mol. The van der Waals surface area contributed by atoms with Crippen LogP contribution in [0.15, 0.2) is 35.5 Å². The number of aliphatic carboxylic acids is 1.